The van der Waals surface area contributed by atoms with Gasteiger partial charge in [0.1, 0.15) is 0 Å². The smallest absolute Gasteiger partial charge is 0.0720 e. The highest BCUT2D eigenvalue weighted by Gasteiger charge is 2.09. The summed E-state index contributed by atoms with van der Waals surface area (Å²) >= 11 is 0. The van der Waals surface area contributed by atoms with Gasteiger partial charge in [-0.2, -0.15) is 0 Å². The predicted octanol–water partition coefficient (Wildman–Crippen LogP) is 8.07. The molecule has 1 atom stereocenters. The highest BCUT2D eigenvalue weighted by atomic mass is 16.5. The van der Waals surface area contributed by atoms with Crippen LogP contribution in [0.1, 0.15) is 109 Å². The molecule has 0 fully saturated rings. The third kappa shape index (κ3) is 13.1. The van der Waals surface area contributed by atoms with Crippen molar-refractivity contribution in [2.45, 2.75) is 116 Å². The molecule has 0 aliphatic rings. The van der Waals surface area contributed by atoms with E-state index in [1.807, 2.05) is 0 Å². The van der Waals surface area contributed by atoms with Crippen molar-refractivity contribution in [3.8, 4) is 0 Å². The standard InChI is InChI=1S/C24H42O/c1-3-5-7-9-10-11-12-17-21-24(20-16-8-6-4-2)25-22-23-18-14-13-15-19-23/h13-15,18-19,24H,3-12,16-17,20-22H2,1-2H3. The van der Waals surface area contributed by atoms with Crippen LogP contribution in [0.5, 0.6) is 0 Å². The molecule has 0 heterocycles. The maximum absolute atomic E-state index is 6.27. The molecule has 1 nitrogen and oxygen atoms in total. The van der Waals surface area contributed by atoms with E-state index >= 15 is 0 Å². The number of hydrogen-bond acceptors (Lipinski definition) is 1. The maximum Gasteiger partial charge on any atom is 0.0720 e. The van der Waals surface area contributed by atoms with Crippen LogP contribution in [-0.2, 0) is 11.3 Å². The van der Waals surface area contributed by atoms with Gasteiger partial charge < -0.3 is 4.74 Å². The van der Waals surface area contributed by atoms with Crippen LogP contribution in [0.25, 0.3) is 0 Å². The lowest BCUT2D eigenvalue weighted by molar-refractivity contribution is 0.0261. The molecule has 0 amide bonds. The average molecular weight is 347 g/mol. The highest BCUT2D eigenvalue weighted by molar-refractivity contribution is 5.13. The van der Waals surface area contributed by atoms with Crippen molar-refractivity contribution in [1.29, 1.82) is 0 Å². The fourth-order valence-electron chi connectivity index (χ4n) is 3.40. The molecule has 0 aliphatic heterocycles. The second-order valence-electron chi connectivity index (χ2n) is 7.53. The molecule has 0 aromatic heterocycles. The zero-order valence-electron chi connectivity index (χ0n) is 17.0. The van der Waals surface area contributed by atoms with Crippen LogP contribution in [0, 0.1) is 0 Å². The van der Waals surface area contributed by atoms with Gasteiger partial charge in [0.2, 0.25) is 0 Å². The predicted molar refractivity (Wildman–Crippen MR) is 111 cm³/mol. The first-order chi connectivity index (χ1) is 12.4. The first-order valence-electron chi connectivity index (χ1n) is 11.0. The van der Waals surface area contributed by atoms with Crippen LogP contribution in [0.3, 0.4) is 0 Å². The largest absolute Gasteiger partial charge is 0.374 e. The summed E-state index contributed by atoms with van der Waals surface area (Å²) in [6.07, 6.45) is 19.5. The number of hydrogen-bond donors (Lipinski definition) is 0. The maximum atomic E-state index is 6.27. The average Bonchev–Trinajstić information content (AvgIpc) is 2.65. The third-order valence-corrected chi connectivity index (χ3v) is 5.09. The van der Waals surface area contributed by atoms with Crippen molar-refractivity contribution < 1.29 is 4.74 Å². The second kappa shape index (κ2) is 16.6. The van der Waals surface area contributed by atoms with Gasteiger partial charge in [-0.25, -0.2) is 0 Å². The summed E-state index contributed by atoms with van der Waals surface area (Å²) in [4.78, 5) is 0. The summed E-state index contributed by atoms with van der Waals surface area (Å²) in [7, 11) is 0. The molecule has 1 heteroatoms. The number of ether oxygens (including phenoxy) is 1. The Balaban J connectivity index is 2.18. The van der Waals surface area contributed by atoms with Gasteiger partial charge >= 0.3 is 0 Å². The minimum absolute atomic E-state index is 0.456. The number of unbranched alkanes of at least 4 members (excludes halogenated alkanes) is 10. The van der Waals surface area contributed by atoms with E-state index in [9.17, 15) is 0 Å². The van der Waals surface area contributed by atoms with Crippen LogP contribution in [0.2, 0.25) is 0 Å². The SMILES string of the molecule is CCCCCCCCCCC(CCCCCC)OCc1ccccc1. The third-order valence-electron chi connectivity index (χ3n) is 5.09. The molecule has 0 N–H and O–H groups in total. The van der Waals surface area contributed by atoms with E-state index in [0.717, 1.165) is 6.61 Å². The van der Waals surface area contributed by atoms with Gasteiger partial charge in [0.25, 0.3) is 0 Å². The molecule has 0 radical (unpaired) electrons. The van der Waals surface area contributed by atoms with Crippen LogP contribution in [0.4, 0.5) is 0 Å². The van der Waals surface area contributed by atoms with Crippen molar-refractivity contribution in [3.63, 3.8) is 0 Å². The molecular formula is C24H42O. The molecule has 25 heavy (non-hydrogen) atoms. The van der Waals surface area contributed by atoms with E-state index in [-0.39, 0.29) is 0 Å². The van der Waals surface area contributed by atoms with Gasteiger partial charge in [-0.15, -0.1) is 0 Å². The molecule has 1 rings (SSSR count). The fraction of sp³-hybridized carbons (Fsp3) is 0.750. The molecule has 1 aromatic rings. The van der Waals surface area contributed by atoms with Crippen molar-refractivity contribution >= 4 is 0 Å². The lowest BCUT2D eigenvalue weighted by atomic mass is 10.0. The Bertz CT molecular complexity index is 373. The van der Waals surface area contributed by atoms with Crippen molar-refractivity contribution in [2.24, 2.45) is 0 Å². The summed E-state index contributed by atoms with van der Waals surface area (Å²) < 4.78 is 6.27. The lowest BCUT2D eigenvalue weighted by Crippen LogP contribution is -2.13. The highest BCUT2D eigenvalue weighted by Crippen LogP contribution is 2.18. The zero-order valence-corrected chi connectivity index (χ0v) is 17.0. The quantitative estimate of drug-likeness (QED) is 0.259. The molecule has 144 valence electrons. The molecule has 1 aromatic carbocycles. The summed E-state index contributed by atoms with van der Waals surface area (Å²) in [6.45, 7) is 5.34. The van der Waals surface area contributed by atoms with E-state index in [2.05, 4.69) is 44.2 Å². The van der Waals surface area contributed by atoms with Crippen LogP contribution in [0.15, 0.2) is 30.3 Å². The minimum Gasteiger partial charge on any atom is -0.374 e. The molecule has 0 saturated heterocycles. The van der Waals surface area contributed by atoms with Crippen molar-refractivity contribution in [2.75, 3.05) is 0 Å². The molecule has 0 bridgehead atoms. The van der Waals surface area contributed by atoms with Crippen molar-refractivity contribution in [1.82, 2.24) is 0 Å². The molecule has 0 spiro atoms. The van der Waals surface area contributed by atoms with E-state index in [4.69, 9.17) is 4.74 Å². The Hall–Kier alpha value is -0.820. The molecule has 1 unspecified atom stereocenters. The van der Waals surface area contributed by atoms with E-state index in [1.54, 1.807) is 0 Å². The monoisotopic (exact) mass is 346 g/mol. The Morgan fingerprint density at radius 3 is 1.68 bits per heavy atom. The first-order valence-corrected chi connectivity index (χ1v) is 11.0. The topological polar surface area (TPSA) is 9.23 Å². The zero-order chi connectivity index (χ0) is 18.0. The van der Waals surface area contributed by atoms with Gasteiger partial charge in [0.05, 0.1) is 12.7 Å². The molecular weight excluding hydrogens is 304 g/mol. The summed E-state index contributed by atoms with van der Waals surface area (Å²) in [5, 5.41) is 0. The van der Waals surface area contributed by atoms with Crippen LogP contribution >= 0.6 is 0 Å². The van der Waals surface area contributed by atoms with E-state index in [0.29, 0.717) is 6.10 Å². The minimum atomic E-state index is 0.456. The fourth-order valence-corrected chi connectivity index (χ4v) is 3.40. The van der Waals surface area contributed by atoms with E-state index in [1.165, 1.54) is 95.5 Å². The second-order valence-corrected chi connectivity index (χ2v) is 7.53. The summed E-state index contributed by atoms with van der Waals surface area (Å²) in [5.41, 5.74) is 1.30. The number of benzene rings is 1. The normalized spacial score (nSPS) is 12.4. The molecule has 0 aliphatic carbocycles. The van der Waals surface area contributed by atoms with Crippen LogP contribution < -0.4 is 0 Å². The van der Waals surface area contributed by atoms with Gasteiger partial charge in [-0.1, -0.05) is 121 Å². The summed E-state index contributed by atoms with van der Waals surface area (Å²) in [5.74, 6) is 0. The first kappa shape index (κ1) is 22.2. The number of rotatable bonds is 17. The summed E-state index contributed by atoms with van der Waals surface area (Å²) in [6, 6.07) is 10.6. The Morgan fingerprint density at radius 2 is 1.12 bits per heavy atom. The van der Waals surface area contributed by atoms with Crippen molar-refractivity contribution in [3.05, 3.63) is 35.9 Å². The van der Waals surface area contributed by atoms with Crippen LogP contribution in [-0.4, -0.2) is 6.10 Å². The van der Waals surface area contributed by atoms with Gasteiger partial charge in [0, 0.05) is 0 Å². The lowest BCUT2D eigenvalue weighted by Gasteiger charge is -2.18. The van der Waals surface area contributed by atoms with E-state index < -0.39 is 0 Å². The Kier molecular flexibility index (Phi) is 14.8. The molecule has 0 saturated carbocycles. The Labute approximate surface area is 157 Å². The Morgan fingerprint density at radius 1 is 0.640 bits per heavy atom. The van der Waals surface area contributed by atoms with Gasteiger partial charge in [0.15, 0.2) is 0 Å². The van der Waals surface area contributed by atoms with Gasteiger partial charge in [-0.3, -0.25) is 0 Å². The van der Waals surface area contributed by atoms with Gasteiger partial charge in [-0.05, 0) is 18.4 Å².